The van der Waals surface area contributed by atoms with Gasteiger partial charge in [-0.15, -0.1) is 6.58 Å². The summed E-state index contributed by atoms with van der Waals surface area (Å²) >= 11 is 0. The third-order valence-electron chi connectivity index (χ3n) is 5.27. The van der Waals surface area contributed by atoms with Crippen molar-refractivity contribution in [3.05, 3.63) is 54.6 Å². The Kier molecular flexibility index (Phi) is 3.18. The zero-order valence-corrected chi connectivity index (χ0v) is 13.3. The van der Waals surface area contributed by atoms with Gasteiger partial charge in [-0.25, -0.2) is 0 Å². The molecule has 2 bridgehead atoms. The Morgan fingerprint density at radius 1 is 1.38 bits per heavy atom. The van der Waals surface area contributed by atoms with Gasteiger partial charge in [0.05, 0.1) is 18.1 Å². The Morgan fingerprint density at radius 3 is 2.71 bits per heavy atom. The minimum Gasteiger partial charge on any atom is -0.550 e. The van der Waals surface area contributed by atoms with Crippen LogP contribution in [0.4, 0.5) is 5.69 Å². The van der Waals surface area contributed by atoms with E-state index in [9.17, 15) is 14.7 Å². The largest absolute Gasteiger partial charge is 0.550 e. The molecular formula is C19H18NO4-. The van der Waals surface area contributed by atoms with Crippen molar-refractivity contribution >= 4 is 17.6 Å². The molecule has 0 aliphatic carbocycles. The molecule has 3 heterocycles. The smallest absolute Gasteiger partial charge is 0.234 e. The van der Waals surface area contributed by atoms with Crippen molar-refractivity contribution in [2.45, 2.75) is 31.1 Å². The minimum atomic E-state index is -1.23. The number of carboxylic acids is 1. The number of aliphatic carboxylic acids is 1. The Labute approximate surface area is 140 Å². The highest BCUT2D eigenvalue weighted by Gasteiger charge is 2.69. The molecule has 4 rings (SSSR count). The second-order valence-electron chi connectivity index (χ2n) is 6.84. The predicted molar refractivity (Wildman–Crippen MR) is 85.9 cm³/mol. The van der Waals surface area contributed by atoms with E-state index in [4.69, 9.17) is 4.74 Å². The van der Waals surface area contributed by atoms with Crippen molar-refractivity contribution in [3.8, 4) is 0 Å². The summed E-state index contributed by atoms with van der Waals surface area (Å²) in [5, 5.41) is 11.6. The van der Waals surface area contributed by atoms with Gasteiger partial charge in [-0.1, -0.05) is 35.9 Å². The van der Waals surface area contributed by atoms with Crippen molar-refractivity contribution in [2.24, 2.45) is 11.8 Å². The molecule has 0 saturated carbocycles. The fourth-order valence-corrected chi connectivity index (χ4v) is 4.40. The Bertz CT molecular complexity index is 756. The Balaban J connectivity index is 1.85. The highest BCUT2D eigenvalue weighted by Crippen LogP contribution is 2.56. The third-order valence-corrected chi connectivity index (χ3v) is 5.27. The second-order valence-corrected chi connectivity index (χ2v) is 6.84. The van der Waals surface area contributed by atoms with Gasteiger partial charge in [0.15, 0.2) is 0 Å². The molecule has 5 unspecified atom stereocenters. The van der Waals surface area contributed by atoms with Crippen molar-refractivity contribution in [2.75, 3.05) is 4.90 Å². The summed E-state index contributed by atoms with van der Waals surface area (Å²) in [6.45, 7) is 5.87. The number of carboxylic acid groups (broad SMARTS) is 1. The Hall–Kier alpha value is -2.40. The van der Waals surface area contributed by atoms with Crippen LogP contribution in [-0.2, 0) is 14.3 Å². The normalized spacial score (nSPS) is 36.2. The first-order valence-corrected chi connectivity index (χ1v) is 8.06. The van der Waals surface area contributed by atoms with Crippen molar-refractivity contribution in [1.29, 1.82) is 0 Å². The van der Waals surface area contributed by atoms with Gasteiger partial charge in [-0.05, 0) is 25.5 Å². The van der Waals surface area contributed by atoms with Crippen LogP contribution in [0.15, 0.2) is 54.6 Å². The molecule has 24 heavy (non-hydrogen) atoms. The average Bonchev–Trinajstić information content (AvgIpc) is 3.17. The summed E-state index contributed by atoms with van der Waals surface area (Å²) in [7, 11) is 0. The number of ether oxygens (including phenoxy) is 1. The lowest BCUT2D eigenvalue weighted by molar-refractivity contribution is -0.313. The van der Waals surface area contributed by atoms with E-state index in [0.717, 1.165) is 11.3 Å². The number of anilines is 1. The molecule has 0 N–H and O–H groups in total. The topological polar surface area (TPSA) is 69.7 Å². The van der Waals surface area contributed by atoms with E-state index < -0.39 is 29.5 Å². The van der Waals surface area contributed by atoms with Crippen molar-refractivity contribution in [3.63, 3.8) is 0 Å². The number of rotatable bonds is 4. The summed E-state index contributed by atoms with van der Waals surface area (Å²) < 4.78 is 6.06. The van der Waals surface area contributed by atoms with Crippen LogP contribution >= 0.6 is 0 Å². The van der Waals surface area contributed by atoms with Crippen LogP contribution in [0.3, 0.4) is 0 Å². The zero-order chi connectivity index (χ0) is 17.1. The molecule has 3 aliphatic heterocycles. The predicted octanol–water partition coefficient (Wildman–Crippen LogP) is 1.06. The molecule has 1 aromatic carbocycles. The first-order chi connectivity index (χ1) is 11.5. The maximum absolute atomic E-state index is 13.2. The van der Waals surface area contributed by atoms with Gasteiger partial charge in [0.1, 0.15) is 5.60 Å². The molecule has 3 aliphatic rings. The van der Waals surface area contributed by atoms with Crippen LogP contribution in [0.5, 0.6) is 0 Å². The number of nitrogens with zero attached hydrogens (tertiary/aromatic N) is 1. The molecule has 5 nitrogen and oxygen atoms in total. The number of amides is 1. The maximum atomic E-state index is 13.2. The van der Waals surface area contributed by atoms with Crippen LogP contribution in [0.25, 0.3) is 0 Å². The van der Waals surface area contributed by atoms with E-state index in [1.165, 1.54) is 0 Å². The van der Waals surface area contributed by atoms with Crippen LogP contribution in [0.2, 0.25) is 0 Å². The van der Waals surface area contributed by atoms with E-state index in [-0.39, 0.29) is 11.9 Å². The number of para-hydroxylation sites is 1. The fourth-order valence-electron chi connectivity index (χ4n) is 4.40. The van der Waals surface area contributed by atoms with Gasteiger partial charge in [0, 0.05) is 17.6 Å². The van der Waals surface area contributed by atoms with Crippen LogP contribution in [0.1, 0.15) is 13.3 Å². The van der Waals surface area contributed by atoms with Gasteiger partial charge in [-0.3, -0.25) is 4.79 Å². The molecule has 1 aromatic rings. The SMILES string of the molecule is C=C(C)CC1N(c2ccccc2)C(=O)C2C(C(=O)[O-])C3C=CC21O3. The molecular weight excluding hydrogens is 306 g/mol. The summed E-state index contributed by atoms with van der Waals surface area (Å²) in [6, 6.07) is 8.99. The second kappa shape index (κ2) is 5.05. The molecule has 124 valence electrons. The van der Waals surface area contributed by atoms with E-state index >= 15 is 0 Å². The van der Waals surface area contributed by atoms with Gasteiger partial charge in [0.2, 0.25) is 5.91 Å². The lowest BCUT2D eigenvalue weighted by Gasteiger charge is -2.33. The van der Waals surface area contributed by atoms with Crippen LogP contribution in [0, 0.1) is 11.8 Å². The van der Waals surface area contributed by atoms with Gasteiger partial charge in [0.25, 0.3) is 0 Å². The quantitative estimate of drug-likeness (QED) is 0.777. The van der Waals surface area contributed by atoms with Gasteiger partial charge in [-0.2, -0.15) is 0 Å². The zero-order valence-electron chi connectivity index (χ0n) is 13.3. The molecule has 2 saturated heterocycles. The van der Waals surface area contributed by atoms with Crippen LogP contribution < -0.4 is 10.0 Å². The molecule has 5 heteroatoms. The highest BCUT2D eigenvalue weighted by atomic mass is 16.5. The first-order valence-electron chi connectivity index (χ1n) is 8.06. The number of hydrogen-bond acceptors (Lipinski definition) is 4. The molecule has 1 amide bonds. The standard InChI is InChI=1S/C19H19NO4/c1-11(2)10-14-19-9-8-13(24-19)15(18(22)23)16(19)17(21)20(14)12-6-4-3-5-7-12/h3-9,13-16H,1,10H2,2H3,(H,22,23)/p-1. The minimum absolute atomic E-state index is 0.214. The number of carbonyl (C=O) groups excluding carboxylic acids is 2. The van der Waals surface area contributed by atoms with Gasteiger partial charge < -0.3 is 19.5 Å². The third kappa shape index (κ3) is 1.85. The van der Waals surface area contributed by atoms with Gasteiger partial charge >= 0.3 is 0 Å². The van der Waals surface area contributed by atoms with Crippen molar-refractivity contribution < 1.29 is 19.4 Å². The summed E-state index contributed by atoms with van der Waals surface area (Å²) in [5.41, 5.74) is 0.748. The molecule has 1 spiro atoms. The number of hydrogen-bond donors (Lipinski definition) is 0. The molecule has 5 atom stereocenters. The lowest BCUT2D eigenvalue weighted by Crippen LogP contribution is -2.46. The first kappa shape index (κ1) is 15.1. The van der Waals surface area contributed by atoms with Crippen molar-refractivity contribution in [1.82, 2.24) is 0 Å². The number of benzene rings is 1. The molecule has 0 radical (unpaired) electrons. The fraction of sp³-hybridized carbons (Fsp3) is 0.368. The maximum Gasteiger partial charge on any atom is 0.234 e. The Morgan fingerprint density at radius 2 is 2.08 bits per heavy atom. The molecule has 2 fully saturated rings. The van der Waals surface area contributed by atoms with E-state index in [2.05, 4.69) is 6.58 Å². The summed E-state index contributed by atoms with van der Waals surface area (Å²) in [6.07, 6.45) is 3.59. The molecule has 0 aromatic heterocycles. The monoisotopic (exact) mass is 324 g/mol. The number of fused-ring (bicyclic) bond motifs is 1. The van der Waals surface area contributed by atoms with E-state index in [1.54, 1.807) is 11.0 Å². The summed E-state index contributed by atoms with van der Waals surface area (Å²) in [4.78, 5) is 26.5. The van der Waals surface area contributed by atoms with Crippen LogP contribution in [-0.4, -0.2) is 29.6 Å². The van der Waals surface area contributed by atoms with E-state index in [1.807, 2.05) is 43.3 Å². The van der Waals surface area contributed by atoms with E-state index in [0.29, 0.717) is 6.42 Å². The average molecular weight is 324 g/mol. The number of carbonyl (C=O) groups is 2. The highest BCUT2D eigenvalue weighted by molar-refractivity contribution is 6.03. The lowest BCUT2D eigenvalue weighted by atomic mass is 9.74. The summed E-state index contributed by atoms with van der Waals surface area (Å²) in [5.74, 6) is -3.13.